The second-order valence-electron chi connectivity index (χ2n) is 9.25. The number of carbonyl (C=O) groups is 2. The predicted octanol–water partition coefficient (Wildman–Crippen LogP) is 7.30. The van der Waals surface area contributed by atoms with Gasteiger partial charge >= 0.3 is 5.91 Å². The van der Waals surface area contributed by atoms with E-state index in [1.165, 1.54) is 28.0 Å². The van der Waals surface area contributed by atoms with Crippen LogP contribution >= 0.6 is 34.7 Å². The third-order valence-corrected chi connectivity index (χ3v) is 8.92. The van der Waals surface area contributed by atoms with Crippen LogP contribution in [-0.4, -0.2) is 40.2 Å². The van der Waals surface area contributed by atoms with E-state index in [1.54, 1.807) is 48.5 Å². The van der Waals surface area contributed by atoms with Crippen molar-refractivity contribution in [3.05, 3.63) is 100 Å². The lowest BCUT2D eigenvalue weighted by molar-refractivity contribution is -0.132. The summed E-state index contributed by atoms with van der Waals surface area (Å²) in [5, 5.41) is 20.8. The summed E-state index contributed by atoms with van der Waals surface area (Å²) in [6.45, 7) is 4.76. The van der Waals surface area contributed by atoms with Gasteiger partial charge in [-0.1, -0.05) is 96.2 Å². The molecule has 1 amide bonds. The van der Waals surface area contributed by atoms with Gasteiger partial charge < -0.3 is 14.6 Å². The normalized spacial score (nSPS) is 16.2. The molecule has 5 rings (SSSR count). The van der Waals surface area contributed by atoms with Crippen LogP contribution in [0.25, 0.3) is 5.76 Å². The summed E-state index contributed by atoms with van der Waals surface area (Å²) in [5.41, 5.74) is 1.87. The van der Waals surface area contributed by atoms with Gasteiger partial charge in [-0.25, -0.2) is 0 Å². The molecule has 0 aliphatic carbocycles. The Hall–Kier alpha value is -3.86. The lowest BCUT2D eigenvalue weighted by Gasteiger charge is -2.23. The number of carbonyl (C=O) groups excluding carboxylic acids is 2. The molecule has 8 nitrogen and oxygen atoms in total. The summed E-state index contributed by atoms with van der Waals surface area (Å²) >= 11 is 8.92. The van der Waals surface area contributed by atoms with Crippen molar-refractivity contribution in [2.75, 3.05) is 18.1 Å². The van der Waals surface area contributed by atoms with Crippen LogP contribution in [0.1, 0.15) is 43.0 Å². The Kier molecular flexibility index (Phi) is 9.46. The third kappa shape index (κ3) is 6.16. The molecule has 1 aliphatic heterocycles. The van der Waals surface area contributed by atoms with Gasteiger partial charge in [0.05, 0.1) is 24.8 Å². The summed E-state index contributed by atoms with van der Waals surface area (Å²) in [6, 6.07) is 20.5. The maximum atomic E-state index is 13.6. The Morgan fingerprint density at radius 2 is 1.76 bits per heavy atom. The number of thioether (sulfide) groups is 1. The molecule has 1 saturated heterocycles. The first kappa shape index (κ1) is 29.6. The zero-order valence-corrected chi connectivity index (χ0v) is 25.3. The molecule has 0 spiro atoms. The third-order valence-electron chi connectivity index (χ3n) is 6.45. The number of Topliss-reactive ketones (excluding diaryl/α,β-unsaturated/α-hetero) is 1. The lowest BCUT2D eigenvalue weighted by atomic mass is 9.95. The second kappa shape index (κ2) is 13.4. The topological polar surface area (TPSA) is 102 Å². The van der Waals surface area contributed by atoms with E-state index >= 15 is 0 Å². The highest BCUT2D eigenvalue weighted by molar-refractivity contribution is 8.00. The zero-order valence-electron chi connectivity index (χ0n) is 23.0. The highest BCUT2D eigenvalue weighted by Gasteiger charge is 2.48. The first-order valence-electron chi connectivity index (χ1n) is 13.4. The molecule has 11 heteroatoms. The van der Waals surface area contributed by atoms with Gasteiger partial charge in [-0.05, 0) is 42.7 Å². The fourth-order valence-electron chi connectivity index (χ4n) is 4.50. The summed E-state index contributed by atoms with van der Waals surface area (Å²) in [5.74, 6) is -0.310. The highest BCUT2D eigenvalue weighted by atomic mass is 35.5. The van der Waals surface area contributed by atoms with Crippen LogP contribution in [0.3, 0.4) is 0 Å². The number of ether oxygens (including phenoxy) is 2. The molecular formula is C31H28ClN3O5S2. The van der Waals surface area contributed by atoms with E-state index in [0.717, 1.165) is 12.0 Å². The molecule has 0 bridgehead atoms. The quantitative estimate of drug-likeness (QED) is 0.0612. The number of halogens is 1. The number of ketones is 1. The van der Waals surface area contributed by atoms with E-state index in [2.05, 4.69) is 10.2 Å². The molecule has 0 radical (unpaired) electrons. The standard InChI is InChI=1S/C31H28ClN3O5S2/c1-3-16-40-23-15-14-20(17-24(23)39-4-2)26-25(27(36)19-10-6-5-7-11-19)28(37)29(38)35(26)30-33-34-31(42-30)41-18-21-12-8-9-13-22(21)32/h5-15,17,26,36H,3-4,16,18H2,1-2H3/b27-25+. The maximum Gasteiger partial charge on any atom is 0.301 e. The van der Waals surface area contributed by atoms with Gasteiger partial charge in [-0.15, -0.1) is 10.2 Å². The number of aromatic nitrogens is 2. The lowest BCUT2D eigenvalue weighted by Crippen LogP contribution is -2.29. The Bertz CT molecular complexity index is 1630. The summed E-state index contributed by atoms with van der Waals surface area (Å²) in [6.07, 6.45) is 0.818. The number of rotatable bonds is 11. The van der Waals surface area contributed by atoms with E-state index in [9.17, 15) is 14.7 Å². The van der Waals surface area contributed by atoms with Crippen LogP contribution in [0.5, 0.6) is 11.5 Å². The van der Waals surface area contributed by atoms with Crippen molar-refractivity contribution in [1.29, 1.82) is 0 Å². The average Bonchev–Trinajstić information content (AvgIpc) is 3.58. The molecule has 216 valence electrons. The minimum atomic E-state index is -0.973. The Balaban J connectivity index is 1.57. The van der Waals surface area contributed by atoms with Crippen molar-refractivity contribution in [1.82, 2.24) is 10.2 Å². The van der Waals surface area contributed by atoms with Gasteiger partial charge in [0.1, 0.15) is 5.76 Å². The molecule has 42 heavy (non-hydrogen) atoms. The van der Waals surface area contributed by atoms with Gasteiger partial charge in [0.2, 0.25) is 5.13 Å². The number of aliphatic hydroxyl groups is 1. The summed E-state index contributed by atoms with van der Waals surface area (Å²) in [7, 11) is 0. The van der Waals surface area contributed by atoms with Gasteiger partial charge in [-0.3, -0.25) is 14.5 Å². The molecule has 1 aromatic heterocycles. The Morgan fingerprint density at radius 1 is 1.00 bits per heavy atom. The van der Waals surface area contributed by atoms with Gasteiger partial charge in [0, 0.05) is 16.3 Å². The SMILES string of the molecule is CCCOc1ccc(C2/C(=C(\O)c3ccccc3)C(=O)C(=O)N2c2nnc(SCc3ccccc3Cl)s2)cc1OCC. The molecule has 1 unspecified atom stereocenters. The first-order chi connectivity index (χ1) is 20.4. The van der Waals surface area contributed by atoms with Crippen LogP contribution in [0, 0.1) is 0 Å². The zero-order chi connectivity index (χ0) is 29.6. The molecule has 1 atom stereocenters. The average molecular weight is 622 g/mol. The minimum Gasteiger partial charge on any atom is -0.507 e. The summed E-state index contributed by atoms with van der Waals surface area (Å²) in [4.78, 5) is 28.4. The van der Waals surface area contributed by atoms with E-state index < -0.39 is 17.7 Å². The fraction of sp³-hybridized carbons (Fsp3) is 0.226. The molecule has 1 N–H and O–H groups in total. The molecule has 4 aromatic rings. The van der Waals surface area contributed by atoms with Crippen molar-refractivity contribution in [3.63, 3.8) is 0 Å². The van der Waals surface area contributed by atoms with Gasteiger partial charge in [-0.2, -0.15) is 0 Å². The number of anilines is 1. The number of hydrogen-bond donors (Lipinski definition) is 1. The van der Waals surface area contributed by atoms with Crippen LogP contribution in [0.15, 0.2) is 82.7 Å². The number of amides is 1. The number of hydrogen-bond acceptors (Lipinski definition) is 9. The minimum absolute atomic E-state index is 0.0451. The van der Waals surface area contributed by atoms with Gasteiger partial charge in [0.15, 0.2) is 15.8 Å². The second-order valence-corrected chi connectivity index (χ2v) is 11.8. The number of aliphatic hydroxyl groups excluding tert-OH is 1. The predicted molar refractivity (Wildman–Crippen MR) is 166 cm³/mol. The fourth-order valence-corrected chi connectivity index (χ4v) is 6.66. The molecule has 2 heterocycles. The van der Waals surface area contributed by atoms with Gasteiger partial charge in [0.25, 0.3) is 5.78 Å². The Labute approximate surface area is 257 Å². The highest BCUT2D eigenvalue weighted by Crippen LogP contribution is 2.45. The molecule has 1 aliphatic rings. The largest absolute Gasteiger partial charge is 0.507 e. The molecular weight excluding hydrogens is 594 g/mol. The Morgan fingerprint density at radius 3 is 2.50 bits per heavy atom. The van der Waals surface area contributed by atoms with Crippen LogP contribution in [0.2, 0.25) is 5.02 Å². The van der Waals surface area contributed by atoms with E-state index in [1.807, 2.05) is 38.1 Å². The monoisotopic (exact) mass is 621 g/mol. The smallest absolute Gasteiger partial charge is 0.301 e. The first-order valence-corrected chi connectivity index (χ1v) is 15.6. The van der Waals surface area contributed by atoms with Crippen molar-refractivity contribution in [2.45, 2.75) is 36.4 Å². The van der Waals surface area contributed by atoms with E-state index in [4.69, 9.17) is 21.1 Å². The summed E-state index contributed by atoms with van der Waals surface area (Å²) < 4.78 is 12.3. The van der Waals surface area contributed by atoms with Crippen molar-refractivity contribution < 1.29 is 24.2 Å². The van der Waals surface area contributed by atoms with Crippen LogP contribution in [0.4, 0.5) is 5.13 Å². The molecule has 3 aromatic carbocycles. The van der Waals surface area contributed by atoms with E-state index in [0.29, 0.717) is 51.0 Å². The maximum absolute atomic E-state index is 13.6. The van der Waals surface area contributed by atoms with E-state index in [-0.39, 0.29) is 16.5 Å². The molecule has 1 fully saturated rings. The van der Waals surface area contributed by atoms with Crippen LogP contribution in [-0.2, 0) is 15.3 Å². The van der Waals surface area contributed by atoms with Crippen molar-refractivity contribution in [3.8, 4) is 11.5 Å². The number of benzene rings is 3. The molecule has 0 saturated carbocycles. The van der Waals surface area contributed by atoms with Crippen LogP contribution < -0.4 is 14.4 Å². The van der Waals surface area contributed by atoms with Crippen molar-refractivity contribution >= 4 is 57.3 Å². The number of nitrogens with zero attached hydrogens (tertiary/aromatic N) is 3. The van der Waals surface area contributed by atoms with Crippen molar-refractivity contribution in [2.24, 2.45) is 0 Å².